The lowest BCUT2D eigenvalue weighted by molar-refractivity contribution is 0.0985. The van der Waals surface area contributed by atoms with Crippen LogP contribution in [0.3, 0.4) is 0 Å². The van der Waals surface area contributed by atoms with Crippen molar-refractivity contribution in [1.82, 2.24) is 4.98 Å². The van der Waals surface area contributed by atoms with Crippen LogP contribution < -0.4 is 4.90 Å². The van der Waals surface area contributed by atoms with E-state index in [1.807, 2.05) is 60.0 Å². The van der Waals surface area contributed by atoms with Crippen LogP contribution in [0.5, 0.6) is 0 Å². The van der Waals surface area contributed by atoms with Gasteiger partial charge in [-0.25, -0.2) is 4.98 Å². The fourth-order valence-corrected chi connectivity index (χ4v) is 4.08. The normalized spacial score (nSPS) is 10.7. The Morgan fingerprint density at radius 2 is 1.66 bits per heavy atom. The van der Waals surface area contributed by atoms with Gasteiger partial charge in [-0.2, -0.15) is 0 Å². The fraction of sp³-hybridized carbons (Fsp3) is 0.0833. The molecular formula is C24H19BrN2OS. The molecule has 0 saturated heterocycles. The van der Waals surface area contributed by atoms with Gasteiger partial charge in [0.25, 0.3) is 5.91 Å². The summed E-state index contributed by atoms with van der Waals surface area (Å²) in [6.45, 7) is 2.53. The number of halogens is 1. The number of thiazole rings is 1. The molecule has 29 heavy (non-hydrogen) atoms. The average molecular weight is 463 g/mol. The highest BCUT2D eigenvalue weighted by molar-refractivity contribution is 9.10. The second-order valence-corrected chi connectivity index (χ2v) is 8.52. The van der Waals surface area contributed by atoms with Crippen molar-refractivity contribution in [3.8, 4) is 11.3 Å². The maximum absolute atomic E-state index is 13.3. The van der Waals surface area contributed by atoms with E-state index in [1.54, 1.807) is 4.90 Å². The molecule has 0 spiro atoms. The molecule has 0 aliphatic carbocycles. The van der Waals surface area contributed by atoms with Crippen molar-refractivity contribution >= 4 is 38.3 Å². The van der Waals surface area contributed by atoms with Crippen LogP contribution in [-0.4, -0.2) is 10.9 Å². The van der Waals surface area contributed by atoms with Crippen LogP contribution in [0.25, 0.3) is 11.3 Å². The summed E-state index contributed by atoms with van der Waals surface area (Å²) in [6.07, 6.45) is 0. The molecule has 1 heterocycles. The Kier molecular flexibility index (Phi) is 5.88. The molecule has 0 saturated carbocycles. The minimum atomic E-state index is -0.0637. The van der Waals surface area contributed by atoms with Crippen molar-refractivity contribution in [2.24, 2.45) is 0 Å². The highest BCUT2D eigenvalue weighted by atomic mass is 79.9. The summed E-state index contributed by atoms with van der Waals surface area (Å²) in [5, 5.41) is 2.70. The van der Waals surface area contributed by atoms with E-state index in [-0.39, 0.29) is 5.91 Å². The predicted octanol–water partition coefficient (Wildman–Crippen LogP) is 6.73. The number of aromatic nitrogens is 1. The van der Waals surface area contributed by atoms with Crippen molar-refractivity contribution in [2.75, 3.05) is 4.90 Å². The van der Waals surface area contributed by atoms with E-state index < -0.39 is 0 Å². The van der Waals surface area contributed by atoms with Gasteiger partial charge in [0.15, 0.2) is 5.13 Å². The number of carbonyl (C=O) groups excluding carboxylic acids is 1. The number of hydrogen-bond donors (Lipinski definition) is 0. The van der Waals surface area contributed by atoms with E-state index in [0.29, 0.717) is 17.2 Å². The van der Waals surface area contributed by atoms with E-state index in [1.165, 1.54) is 16.9 Å². The Hall–Kier alpha value is -2.76. The summed E-state index contributed by atoms with van der Waals surface area (Å²) < 4.78 is 0.944. The summed E-state index contributed by atoms with van der Waals surface area (Å²) in [5.41, 5.74) is 4.84. The zero-order valence-electron chi connectivity index (χ0n) is 15.9. The van der Waals surface area contributed by atoms with Gasteiger partial charge in [0, 0.05) is 21.0 Å². The van der Waals surface area contributed by atoms with Crippen LogP contribution in [0, 0.1) is 6.92 Å². The van der Waals surface area contributed by atoms with Crippen molar-refractivity contribution in [3.63, 3.8) is 0 Å². The summed E-state index contributed by atoms with van der Waals surface area (Å²) in [7, 11) is 0. The summed E-state index contributed by atoms with van der Waals surface area (Å²) >= 11 is 4.92. The first kappa shape index (κ1) is 19.6. The molecule has 0 atom stereocenters. The number of amides is 1. The van der Waals surface area contributed by atoms with E-state index >= 15 is 0 Å². The van der Waals surface area contributed by atoms with Gasteiger partial charge in [0.1, 0.15) is 0 Å². The first-order chi connectivity index (χ1) is 14.1. The van der Waals surface area contributed by atoms with Crippen molar-refractivity contribution < 1.29 is 4.79 Å². The molecule has 3 nitrogen and oxygen atoms in total. The minimum absolute atomic E-state index is 0.0637. The monoisotopic (exact) mass is 462 g/mol. The lowest BCUT2D eigenvalue weighted by atomic mass is 10.1. The van der Waals surface area contributed by atoms with Crippen LogP contribution >= 0.6 is 27.3 Å². The Morgan fingerprint density at radius 1 is 0.966 bits per heavy atom. The molecule has 4 rings (SSSR count). The zero-order chi connectivity index (χ0) is 20.2. The Morgan fingerprint density at radius 3 is 2.34 bits per heavy atom. The second-order valence-electron chi connectivity index (χ2n) is 6.77. The first-order valence-corrected chi connectivity index (χ1v) is 10.9. The molecule has 1 amide bonds. The van der Waals surface area contributed by atoms with Gasteiger partial charge in [0.2, 0.25) is 0 Å². The van der Waals surface area contributed by atoms with Crippen LogP contribution in [-0.2, 0) is 6.54 Å². The van der Waals surface area contributed by atoms with Crippen molar-refractivity contribution in [2.45, 2.75) is 13.5 Å². The van der Waals surface area contributed by atoms with Crippen molar-refractivity contribution in [3.05, 3.63) is 105 Å². The van der Waals surface area contributed by atoms with Gasteiger partial charge < -0.3 is 0 Å². The summed E-state index contributed by atoms with van der Waals surface area (Å²) in [5.74, 6) is -0.0637. The van der Waals surface area contributed by atoms with E-state index in [2.05, 4.69) is 47.1 Å². The predicted molar refractivity (Wildman–Crippen MR) is 123 cm³/mol. The smallest absolute Gasteiger partial charge is 0.260 e. The molecule has 4 aromatic rings. The van der Waals surface area contributed by atoms with Gasteiger partial charge in [-0.1, -0.05) is 76.1 Å². The lowest BCUT2D eigenvalue weighted by Gasteiger charge is -2.20. The number of benzene rings is 3. The van der Waals surface area contributed by atoms with Gasteiger partial charge in [0.05, 0.1) is 12.2 Å². The molecule has 0 fully saturated rings. The largest absolute Gasteiger partial charge is 0.279 e. The Bertz CT molecular complexity index is 1110. The fourth-order valence-electron chi connectivity index (χ4n) is 2.99. The molecule has 0 bridgehead atoms. The average Bonchev–Trinajstić information content (AvgIpc) is 3.23. The van der Waals surface area contributed by atoms with Crippen LogP contribution in [0.1, 0.15) is 21.5 Å². The molecular weight excluding hydrogens is 444 g/mol. The molecule has 5 heteroatoms. The standard InChI is InChI=1S/C24H19BrN2OS/c1-17-7-9-19(10-8-17)22-16-29-24(26-22)27(15-18-5-3-2-4-6-18)23(28)20-11-13-21(25)14-12-20/h2-14,16H,15H2,1H3. The Balaban J connectivity index is 1.69. The van der Waals surface area contributed by atoms with Crippen LogP contribution in [0.2, 0.25) is 0 Å². The first-order valence-electron chi connectivity index (χ1n) is 9.24. The molecule has 1 aromatic heterocycles. The number of nitrogens with zero attached hydrogens (tertiary/aromatic N) is 2. The topological polar surface area (TPSA) is 33.2 Å². The SMILES string of the molecule is Cc1ccc(-c2csc(N(Cc3ccccc3)C(=O)c3ccc(Br)cc3)n2)cc1. The highest BCUT2D eigenvalue weighted by Crippen LogP contribution is 2.30. The van der Waals surface area contributed by atoms with Gasteiger partial charge in [-0.3, -0.25) is 9.69 Å². The third kappa shape index (κ3) is 4.63. The maximum atomic E-state index is 13.3. The molecule has 0 aliphatic rings. The van der Waals surface area contributed by atoms with E-state index in [0.717, 1.165) is 21.3 Å². The molecule has 3 aromatic carbocycles. The number of carbonyl (C=O) groups is 1. The second kappa shape index (κ2) is 8.72. The molecule has 0 radical (unpaired) electrons. The third-order valence-corrected chi connectivity index (χ3v) is 5.98. The lowest BCUT2D eigenvalue weighted by Crippen LogP contribution is -2.30. The number of rotatable bonds is 5. The quantitative estimate of drug-likeness (QED) is 0.329. The molecule has 0 N–H and O–H groups in total. The summed E-state index contributed by atoms with van der Waals surface area (Å²) in [4.78, 5) is 19.9. The molecule has 0 unspecified atom stereocenters. The van der Waals surface area contributed by atoms with Gasteiger partial charge in [-0.05, 0) is 36.8 Å². The summed E-state index contributed by atoms with van der Waals surface area (Å²) in [6, 6.07) is 25.7. The number of anilines is 1. The number of aryl methyl sites for hydroxylation is 1. The zero-order valence-corrected chi connectivity index (χ0v) is 18.3. The van der Waals surface area contributed by atoms with Crippen molar-refractivity contribution in [1.29, 1.82) is 0 Å². The van der Waals surface area contributed by atoms with Gasteiger partial charge in [-0.15, -0.1) is 11.3 Å². The minimum Gasteiger partial charge on any atom is -0.279 e. The molecule has 144 valence electrons. The number of hydrogen-bond acceptors (Lipinski definition) is 3. The Labute approximate surface area is 182 Å². The highest BCUT2D eigenvalue weighted by Gasteiger charge is 2.21. The van der Waals surface area contributed by atoms with Crippen LogP contribution in [0.4, 0.5) is 5.13 Å². The molecule has 0 aliphatic heterocycles. The van der Waals surface area contributed by atoms with Gasteiger partial charge >= 0.3 is 0 Å². The third-order valence-electron chi connectivity index (χ3n) is 4.59. The maximum Gasteiger partial charge on any atom is 0.260 e. The van der Waals surface area contributed by atoms with E-state index in [9.17, 15) is 4.79 Å². The van der Waals surface area contributed by atoms with E-state index in [4.69, 9.17) is 4.98 Å². The van der Waals surface area contributed by atoms with Crippen LogP contribution in [0.15, 0.2) is 88.7 Å².